The van der Waals surface area contributed by atoms with E-state index in [9.17, 15) is 18.8 Å². The molecule has 0 aliphatic carbocycles. The summed E-state index contributed by atoms with van der Waals surface area (Å²) in [5.41, 5.74) is 0.790. The number of thioether (sulfide) groups is 1. The van der Waals surface area contributed by atoms with Crippen LogP contribution in [0.2, 0.25) is 0 Å². The fourth-order valence-corrected chi connectivity index (χ4v) is 3.29. The number of rotatable bonds is 8. The van der Waals surface area contributed by atoms with E-state index in [4.69, 9.17) is 4.74 Å². The highest BCUT2D eigenvalue weighted by molar-refractivity contribution is 7.98. The lowest BCUT2D eigenvalue weighted by Gasteiger charge is -2.12. The van der Waals surface area contributed by atoms with Gasteiger partial charge in [-0.3, -0.25) is 10.1 Å². The Balaban J connectivity index is 1.91. The number of carbonyl (C=O) groups is 3. The molecular weight excluding hydrogens is 395 g/mol. The molecule has 0 unspecified atom stereocenters. The number of carbonyl (C=O) groups excluding carboxylic acids is 3. The second-order valence-electron chi connectivity index (χ2n) is 6.28. The van der Waals surface area contributed by atoms with Gasteiger partial charge in [-0.1, -0.05) is 37.3 Å². The van der Waals surface area contributed by atoms with Crippen molar-refractivity contribution in [3.8, 4) is 0 Å². The number of nitrogens with one attached hydrogen (secondary N) is 2. The highest BCUT2D eigenvalue weighted by Crippen LogP contribution is 2.27. The van der Waals surface area contributed by atoms with Gasteiger partial charge >= 0.3 is 12.0 Å². The Labute approximate surface area is 173 Å². The molecule has 0 spiro atoms. The average Bonchev–Trinajstić information content (AvgIpc) is 2.71. The van der Waals surface area contributed by atoms with E-state index < -0.39 is 24.5 Å². The van der Waals surface area contributed by atoms with E-state index in [0.29, 0.717) is 16.2 Å². The van der Waals surface area contributed by atoms with Gasteiger partial charge in [-0.2, -0.15) is 0 Å². The maximum atomic E-state index is 13.8. The van der Waals surface area contributed by atoms with Crippen molar-refractivity contribution in [2.45, 2.75) is 37.0 Å². The molecule has 0 saturated heterocycles. The SMILES string of the molecule is CC[C@@H](C)NC(=O)NC(=O)COC(=O)c1ccccc1SCc1ccccc1F. The first-order valence-electron chi connectivity index (χ1n) is 9.13. The summed E-state index contributed by atoms with van der Waals surface area (Å²) in [7, 11) is 0. The van der Waals surface area contributed by atoms with Crippen LogP contribution in [0.15, 0.2) is 53.4 Å². The molecule has 8 heteroatoms. The average molecular weight is 418 g/mol. The summed E-state index contributed by atoms with van der Waals surface area (Å²) in [6, 6.07) is 12.4. The number of ether oxygens (including phenoxy) is 1. The Hall–Kier alpha value is -2.87. The Morgan fingerprint density at radius 1 is 1.10 bits per heavy atom. The number of hydrogen-bond donors (Lipinski definition) is 2. The van der Waals surface area contributed by atoms with Gasteiger partial charge in [0.15, 0.2) is 6.61 Å². The molecule has 29 heavy (non-hydrogen) atoms. The van der Waals surface area contributed by atoms with Crippen LogP contribution < -0.4 is 10.6 Å². The van der Waals surface area contributed by atoms with Gasteiger partial charge in [0.25, 0.3) is 5.91 Å². The number of halogens is 1. The lowest BCUT2D eigenvalue weighted by molar-refractivity contribution is -0.123. The summed E-state index contributed by atoms with van der Waals surface area (Å²) in [6.45, 7) is 3.12. The van der Waals surface area contributed by atoms with Crippen LogP contribution in [0.25, 0.3) is 0 Å². The lowest BCUT2D eigenvalue weighted by Crippen LogP contribution is -2.44. The molecule has 2 aromatic carbocycles. The topological polar surface area (TPSA) is 84.5 Å². The van der Waals surface area contributed by atoms with Crippen LogP contribution in [-0.4, -0.2) is 30.6 Å². The third-order valence-electron chi connectivity index (χ3n) is 4.03. The van der Waals surface area contributed by atoms with Crippen LogP contribution in [0.5, 0.6) is 0 Å². The van der Waals surface area contributed by atoms with Crippen LogP contribution in [0.4, 0.5) is 9.18 Å². The minimum absolute atomic E-state index is 0.0799. The highest BCUT2D eigenvalue weighted by atomic mass is 32.2. The number of benzene rings is 2. The molecule has 3 amide bonds. The number of amides is 3. The van der Waals surface area contributed by atoms with Gasteiger partial charge in [0.1, 0.15) is 5.82 Å². The van der Waals surface area contributed by atoms with Gasteiger partial charge in [0, 0.05) is 16.7 Å². The number of hydrogen-bond acceptors (Lipinski definition) is 5. The van der Waals surface area contributed by atoms with Crippen molar-refractivity contribution in [3.05, 3.63) is 65.5 Å². The number of urea groups is 1. The molecule has 0 bridgehead atoms. The molecule has 6 nitrogen and oxygen atoms in total. The van der Waals surface area contributed by atoms with Crippen molar-refractivity contribution >= 4 is 29.7 Å². The summed E-state index contributed by atoms with van der Waals surface area (Å²) in [5, 5.41) is 4.69. The smallest absolute Gasteiger partial charge is 0.339 e. The summed E-state index contributed by atoms with van der Waals surface area (Å²) >= 11 is 1.29. The van der Waals surface area contributed by atoms with Crippen LogP contribution in [0.1, 0.15) is 36.2 Å². The van der Waals surface area contributed by atoms with Crippen molar-refractivity contribution < 1.29 is 23.5 Å². The minimum atomic E-state index is -0.726. The van der Waals surface area contributed by atoms with E-state index in [1.54, 1.807) is 49.4 Å². The first-order chi connectivity index (χ1) is 13.9. The van der Waals surface area contributed by atoms with Gasteiger partial charge in [0.05, 0.1) is 5.56 Å². The monoisotopic (exact) mass is 418 g/mol. The predicted molar refractivity (Wildman–Crippen MR) is 109 cm³/mol. The third-order valence-corrected chi connectivity index (χ3v) is 5.15. The molecular formula is C21H23FN2O4S. The normalized spacial score (nSPS) is 11.4. The molecule has 2 rings (SSSR count). The lowest BCUT2D eigenvalue weighted by atomic mass is 10.2. The standard InChI is InChI=1S/C21H23FN2O4S/c1-3-14(2)23-21(27)24-19(25)12-28-20(26)16-9-5-7-11-18(16)29-13-15-8-4-6-10-17(15)22/h4-11,14H,3,12-13H2,1-2H3,(H2,23,24,25,27)/t14-/m1/s1. The van der Waals surface area contributed by atoms with Gasteiger partial charge in [-0.25, -0.2) is 14.0 Å². The second kappa shape index (κ2) is 11.2. The molecule has 0 radical (unpaired) electrons. The van der Waals surface area contributed by atoms with E-state index in [2.05, 4.69) is 10.6 Å². The minimum Gasteiger partial charge on any atom is -0.452 e. The van der Waals surface area contributed by atoms with Crippen LogP contribution >= 0.6 is 11.8 Å². The van der Waals surface area contributed by atoms with E-state index in [1.807, 2.05) is 6.92 Å². The zero-order valence-corrected chi connectivity index (χ0v) is 17.1. The molecule has 2 N–H and O–H groups in total. The molecule has 0 aliphatic heterocycles. The highest BCUT2D eigenvalue weighted by Gasteiger charge is 2.16. The maximum Gasteiger partial charge on any atom is 0.339 e. The van der Waals surface area contributed by atoms with Crippen LogP contribution in [0, 0.1) is 5.82 Å². The molecule has 2 aromatic rings. The first kappa shape index (κ1) is 22.4. The van der Waals surface area contributed by atoms with Crippen molar-refractivity contribution in [1.82, 2.24) is 10.6 Å². The van der Waals surface area contributed by atoms with Crippen molar-refractivity contribution in [2.75, 3.05) is 6.61 Å². The largest absolute Gasteiger partial charge is 0.452 e. The molecule has 0 saturated carbocycles. The van der Waals surface area contributed by atoms with Crippen molar-refractivity contribution in [3.63, 3.8) is 0 Å². The second-order valence-corrected chi connectivity index (χ2v) is 7.30. The Morgan fingerprint density at radius 2 is 1.79 bits per heavy atom. The van der Waals surface area contributed by atoms with Gasteiger partial charge in [-0.15, -0.1) is 11.8 Å². The summed E-state index contributed by atoms with van der Waals surface area (Å²) < 4.78 is 18.8. The summed E-state index contributed by atoms with van der Waals surface area (Å²) in [4.78, 5) is 36.4. The number of imide groups is 1. The molecule has 0 aliphatic rings. The quantitative estimate of drug-likeness (QED) is 0.502. The molecule has 0 aromatic heterocycles. The molecule has 0 heterocycles. The Morgan fingerprint density at radius 3 is 2.52 bits per heavy atom. The molecule has 154 valence electrons. The predicted octanol–water partition coefficient (Wildman–Crippen LogP) is 3.90. The zero-order chi connectivity index (χ0) is 21.2. The van der Waals surface area contributed by atoms with Gasteiger partial charge < -0.3 is 10.1 Å². The van der Waals surface area contributed by atoms with E-state index >= 15 is 0 Å². The fourth-order valence-electron chi connectivity index (χ4n) is 2.27. The Kier molecular flexibility index (Phi) is 8.67. The van der Waals surface area contributed by atoms with Gasteiger partial charge in [-0.05, 0) is 37.1 Å². The summed E-state index contributed by atoms with van der Waals surface area (Å²) in [5.74, 6) is -1.39. The third kappa shape index (κ3) is 7.23. The van der Waals surface area contributed by atoms with E-state index in [1.165, 1.54) is 17.8 Å². The van der Waals surface area contributed by atoms with E-state index in [-0.39, 0.29) is 17.4 Å². The van der Waals surface area contributed by atoms with Crippen molar-refractivity contribution in [1.29, 1.82) is 0 Å². The fraction of sp³-hybridized carbons (Fsp3) is 0.286. The number of esters is 1. The molecule has 1 atom stereocenters. The zero-order valence-electron chi connectivity index (χ0n) is 16.2. The van der Waals surface area contributed by atoms with E-state index in [0.717, 1.165) is 6.42 Å². The maximum absolute atomic E-state index is 13.8. The van der Waals surface area contributed by atoms with Gasteiger partial charge in [0.2, 0.25) is 0 Å². The van der Waals surface area contributed by atoms with Crippen LogP contribution in [-0.2, 0) is 15.3 Å². The summed E-state index contributed by atoms with van der Waals surface area (Å²) in [6.07, 6.45) is 0.720. The molecule has 0 fully saturated rings. The first-order valence-corrected chi connectivity index (χ1v) is 10.1. The van der Waals surface area contributed by atoms with Crippen LogP contribution in [0.3, 0.4) is 0 Å². The van der Waals surface area contributed by atoms with Crippen molar-refractivity contribution in [2.24, 2.45) is 0 Å². The Bertz CT molecular complexity index is 875.